The Labute approximate surface area is 137 Å². The van der Waals surface area contributed by atoms with Crippen LogP contribution in [-0.2, 0) is 4.79 Å². The van der Waals surface area contributed by atoms with Gasteiger partial charge in [-0.1, -0.05) is 11.6 Å². The molecule has 1 aromatic rings. The van der Waals surface area contributed by atoms with Crippen molar-refractivity contribution in [1.29, 1.82) is 0 Å². The van der Waals surface area contributed by atoms with Gasteiger partial charge in [0, 0.05) is 26.2 Å². The molecule has 1 saturated heterocycles. The highest BCUT2D eigenvalue weighted by Crippen LogP contribution is 2.19. The van der Waals surface area contributed by atoms with Gasteiger partial charge >= 0.3 is 0 Å². The monoisotopic (exact) mass is 316 g/mol. The minimum Gasteiger partial charge on any atom is -0.490 e. The van der Waals surface area contributed by atoms with Gasteiger partial charge in [-0.05, 0) is 44.5 Å². The average Bonchev–Trinajstić information content (AvgIpc) is 2.85. The molecule has 0 spiro atoms. The van der Waals surface area contributed by atoms with Crippen molar-refractivity contribution in [2.45, 2.75) is 26.3 Å². The minimum atomic E-state index is -0.372. The number of allylic oxidation sites excluding steroid dienone is 1. The predicted octanol–water partition coefficient (Wildman–Crippen LogP) is 2.33. The Morgan fingerprint density at radius 2 is 2.17 bits per heavy atom. The Hall–Kier alpha value is -2.30. The van der Waals surface area contributed by atoms with Crippen molar-refractivity contribution in [3.05, 3.63) is 41.5 Å². The number of rotatable bonds is 5. The largest absolute Gasteiger partial charge is 0.490 e. The molecule has 1 aromatic carbocycles. The average molecular weight is 316 g/mol. The summed E-state index contributed by atoms with van der Waals surface area (Å²) in [6, 6.07) is 6.71. The molecule has 0 aliphatic carbocycles. The summed E-state index contributed by atoms with van der Waals surface area (Å²) in [7, 11) is 3.44. The lowest BCUT2D eigenvalue weighted by atomic mass is 10.1. The van der Waals surface area contributed by atoms with E-state index in [0.717, 1.165) is 0 Å². The van der Waals surface area contributed by atoms with E-state index < -0.39 is 0 Å². The summed E-state index contributed by atoms with van der Waals surface area (Å²) in [6.45, 7) is 5.18. The van der Waals surface area contributed by atoms with Gasteiger partial charge in [0.1, 0.15) is 18.4 Å². The lowest BCUT2D eigenvalue weighted by molar-refractivity contribution is -0.130. The number of carbonyl (C=O) groups is 2. The number of benzene rings is 1. The van der Waals surface area contributed by atoms with Gasteiger partial charge in [-0.25, -0.2) is 0 Å². The first kappa shape index (κ1) is 17.1. The highest BCUT2D eigenvalue weighted by Gasteiger charge is 2.34. The lowest BCUT2D eigenvalue weighted by Crippen LogP contribution is -2.42. The quantitative estimate of drug-likeness (QED) is 0.784. The van der Waals surface area contributed by atoms with E-state index >= 15 is 0 Å². The van der Waals surface area contributed by atoms with Crippen LogP contribution < -0.4 is 4.74 Å². The summed E-state index contributed by atoms with van der Waals surface area (Å²) in [6.07, 6.45) is 2.65. The van der Waals surface area contributed by atoms with Gasteiger partial charge in [-0.2, -0.15) is 0 Å². The van der Waals surface area contributed by atoms with Crippen molar-refractivity contribution in [1.82, 2.24) is 9.80 Å². The maximum Gasteiger partial charge on any atom is 0.254 e. The molecule has 1 unspecified atom stereocenters. The zero-order valence-electron chi connectivity index (χ0n) is 14.2. The fraction of sp³-hybridized carbons (Fsp3) is 0.444. The standard InChI is InChI=1S/C18H24N2O3/c1-13(2)9-11-23-15-7-5-6-14(12-15)17(21)20(4)16-8-10-19(3)18(16)22/h5-7,9,12,16H,8,10-11H2,1-4H3. The number of hydrogen-bond acceptors (Lipinski definition) is 3. The molecule has 2 amide bonds. The van der Waals surface area contributed by atoms with Crippen LogP contribution >= 0.6 is 0 Å². The number of likely N-dealkylation sites (N-methyl/N-ethyl adjacent to an activating group) is 2. The maximum absolute atomic E-state index is 12.6. The van der Waals surface area contributed by atoms with Crippen molar-refractivity contribution < 1.29 is 14.3 Å². The van der Waals surface area contributed by atoms with Crippen molar-refractivity contribution in [2.24, 2.45) is 0 Å². The number of hydrogen-bond donors (Lipinski definition) is 0. The van der Waals surface area contributed by atoms with E-state index in [1.165, 1.54) is 10.5 Å². The van der Waals surface area contributed by atoms with Crippen molar-refractivity contribution in [3.63, 3.8) is 0 Å². The van der Waals surface area contributed by atoms with Crippen LogP contribution in [0.1, 0.15) is 30.6 Å². The Balaban J connectivity index is 2.07. The molecule has 0 saturated carbocycles. The molecular formula is C18H24N2O3. The molecule has 23 heavy (non-hydrogen) atoms. The third-order valence-electron chi connectivity index (χ3n) is 4.01. The first-order chi connectivity index (χ1) is 10.9. The number of nitrogens with zero attached hydrogens (tertiary/aromatic N) is 2. The second kappa shape index (κ2) is 7.31. The van der Waals surface area contributed by atoms with Gasteiger partial charge in [0.2, 0.25) is 5.91 Å². The maximum atomic E-state index is 12.6. The van der Waals surface area contributed by atoms with Crippen molar-refractivity contribution >= 4 is 11.8 Å². The molecule has 0 radical (unpaired) electrons. The number of ether oxygens (including phenoxy) is 1. The summed E-state index contributed by atoms with van der Waals surface area (Å²) >= 11 is 0. The van der Waals surface area contributed by atoms with E-state index in [4.69, 9.17) is 4.74 Å². The molecule has 2 rings (SSSR count). The summed E-state index contributed by atoms with van der Waals surface area (Å²) in [5.41, 5.74) is 1.71. The zero-order chi connectivity index (χ0) is 17.0. The van der Waals surface area contributed by atoms with Crippen LogP contribution in [0.3, 0.4) is 0 Å². The van der Waals surface area contributed by atoms with Crippen molar-refractivity contribution in [3.8, 4) is 5.75 Å². The van der Waals surface area contributed by atoms with E-state index in [9.17, 15) is 9.59 Å². The number of carbonyl (C=O) groups excluding carboxylic acids is 2. The van der Waals surface area contributed by atoms with E-state index in [-0.39, 0.29) is 17.9 Å². The normalized spacial score (nSPS) is 17.1. The Bertz CT molecular complexity index is 620. The molecule has 1 aliphatic rings. The van der Waals surface area contributed by atoms with Gasteiger partial charge in [-0.15, -0.1) is 0 Å². The third-order valence-corrected chi connectivity index (χ3v) is 4.01. The molecule has 124 valence electrons. The third kappa shape index (κ3) is 4.12. The van der Waals surface area contributed by atoms with Crippen LogP contribution in [0, 0.1) is 0 Å². The van der Waals surface area contributed by atoms with Crippen LogP contribution in [0.15, 0.2) is 35.9 Å². The highest BCUT2D eigenvalue weighted by atomic mass is 16.5. The van der Waals surface area contributed by atoms with Crippen molar-refractivity contribution in [2.75, 3.05) is 27.2 Å². The summed E-state index contributed by atoms with van der Waals surface area (Å²) < 4.78 is 5.63. The van der Waals surface area contributed by atoms with Gasteiger partial charge < -0.3 is 14.5 Å². The second-order valence-electron chi connectivity index (χ2n) is 6.10. The molecule has 5 nitrogen and oxygen atoms in total. The van der Waals surface area contributed by atoms with Gasteiger partial charge in [0.15, 0.2) is 0 Å². The molecule has 1 heterocycles. The Morgan fingerprint density at radius 3 is 2.78 bits per heavy atom. The highest BCUT2D eigenvalue weighted by molar-refractivity contribution is 5.98. The predicted molar refractivity (Wildman–Crippen MR) is 89.5 cm³/mol. The fourth-order valence-corrected chi connectivity index (χ4v) is 2.53. The molecule has 1 aliphatic heterocycles. The van der Waals surface area contributed by atoms with E-state index in [1.807, 2.05) is 26.0 Å². The molecular weight excluding hydrogens is 292 g/mol. The zero-order valence-corrected chi connectivity index (χ0v) is 14.2. The molecule has 5 heteroatoms. The lowest BCUT2D eigenvalue weighted by Gasteiger charge is -2.23. The summed E-state index contributed by atoms with van der Waals surface area (Å²) in [5, 5.41) is 0. The van der Waals surface area contributed by atoms with Crippen LogP contribution in [0.5, 0.6) is 5.75 Å². The van der Waals surface area contributed by atoms with E-state index in [2.05, 4.69) is 0 Å². The number of likely N-dealkylation sites (tertiary alicyclic amines) is 1. The van der Waals surface area contributed by atoms with Crippen LogP contribution in [0.4, 0.5) is 0 Å². The smallest absolute Gasteiger partial charge is 0.254 e. The minimum absolute atomic E-state index is 0.00295. The summed E-state index contributed by atoms with van der Waals surface area (Å²) in [5.74, 6) is 0.486. The second-order valence-corrected chi connectivity index (χ2v) is 6.10. The van der Waals surface area contributed by atoms with Gasteiger partial charge in [0.05, 0.1) is 0 Å². The molecule has 0 N–H and O–H groups in total. The fourth-order valence-electron chi connectivity index (χ4n) is 2.53. The van der Waals surface area contributed by atoms with Crippen LogP contribution in [0.2, 0.25) is 0 Å². The molecule has 1 fully saturated rings. The molecule has 0 aromatic heterocycles. The molecule has 0 bridgehead atoms. The summed E-state index contributed by atoms with van der Waals surface area (Å²) in [4.78, 5) is 27.9. The van der Waals surface area contributed by atoms with Gasteiger partial charge in [0.25, 0.3) is 5.91 Å². The van der Waals surface area contributed by atoms with E-state index in [1.54, 1.807) is 37.2 Å². The molecule has 1 atom stereocenters. The first-order valence-corrected chi connectivity index (χ1v) is 7.78. The SMILES string of the molecule is CC(C)=CCOc1cccc(C(=O)N(C)C2CCN(C)C2=O)c1. The van der Waals surface area contributed by atoms with Gasteiger partial charge in [-0.3, -0.25) is 9.59 Å². The number of amides is 2. The van der Waals surface area contributed by atoms with E-state index in [0.29, 0.717) is 30.9 Å². The topological polar surface area (TPSA) is 49.9 Å². The Kier molecular flexibility index (Phi) is 5.42. The first-order valence-electron chi connectivity index (χ1n) is 7.78. The van der Waals surface area contributed by atoms with Crippen LogP contribution in [-0.4, -0.2) is 54.9 Å². The Morgan fingerprint density at radius 1 is 1.43 bits per heavy atom. The van der Waals surface area contributed by atoms with Crippen LogP contribution in [0.25, 0.3) is 0 Å².